The Bertz CT molecular complexity index is 1180. The van der Waals surface area contributed by atoms with Gasteiger partial charge in [0.15, 0.2) is 5.13 Å². The number of rotatable bonds is 6. The Hall–Kier alpha value is -2.56. The fourth-order valence-corrected chi connectivity index (χ4v) is 5.65. The van der Waals surface area contributed by atoms with Crippen LogP contribution in [0.15, 0.2) is 42.6 Å². The minimum absolute atomic E-state index is 0.142. The van der Waals surface area contributed by atoms with Crippen LogP contribution in [-0.2, 0) is 21.4 Å². The maximum absolute atomic E-state index is 13.6. The summed E-state index contributed by atoms with van der Waals surface area (Å²) in [5, 5.41) is 0.548. The summed E-state index contributed by atoms with van der Waals surface area (Å²) < 4.78 is 31.8. The van der Waals surface area contributed by atoms with E-state index >= 15 is 0 Å². The summed E-state index contributed by atoms with van der Waals surface area (Å²) in [5.41, 5.74) is 1.43. The number of sulfonamides is 1. The predicted molar refractivity (Wildman–Crippen MR) is 121 cm³/mol. The van der Waals surface area contributed by atoms with E-state index in [9.17, 15) is 13.2 Å². The molecule has 3 aromatic rings. The second kappa shape index (κ2) is 8.89. The molecule has 1 atom stereocenters. The highest BCUT2D eigenvalue weighted by Gasteiger charge is 2.34. The van der Waals surface area contributed by atoms with Crippen molar-refractivity contribution in [3.63, 3.8) is 0 Å². The number of hydrogen-bond acceptors (Lipinski definition) is 7. The van der Waals surface area contributed by atoms with Gasteiger partial charge in [0.25, 0.3) is 0 Å². The molecule has 164 valence electrons. The average molecular weight is 461 g/mol. The number of aromatic nitrogens is 2. The molecular weight excluding hydrogens is 436 g/mol. The smallest absolute Gasteiger partial charge is 0.233 e. The van der Waals surface area contributed by atoms with E-state index in [1.165, 1.54) is 21.9 Å². The number of piperidine rings is 1. The summed E-state index contributed by atoms with van der Waals surface area (Å²) >= 11 is 1.41. The van der Waals surface area contributed by atoms with E-state index in [2.05, 4.69) is 4.98 Å². The van der Waals surface area contributed by atoms with Gasteiger partial charge in [-0.15, -0.1) is 0 Å². The third-order valence-corrected chi connectivity index (χ3v) is 7.65. The average Bonchev–Trinajstić information content (AvgIpc) is 3.21. The molecule has 1 unspecified atom stereocenters. The molecule has 1 aromatic carbocycles. The zero-order chi connectivity index (χ0) is 22.0. The van der Waals surface area contributed by atoms with E-state index in [4.69, 9.17) is 9.72 Å². The summed E-state index contributed by atoms with van der Waals surface area (Å²) in [6.45, 7) is 0.892. The molecule has 4 rings (SSSR count). The van der Waals surface area contributed by atoms with Crippen LogP contribution in [0.4, 0.5) is 5.13 Å². The van der Waals surface area contributed by atoms with Gasteiger partial charge < -0.3 is 4.74 Å². The lowest BCUT2D eigenvalue weighted by Crippen LogP contribution is -2.46. The van der Waals surface area contributed by atoms with Gasteiger partial charge in [0.05, 0.1) is 36.2 Å². The Morgan fingerprint density at radius 1 is 1.29 bits per heavy atom. The Kier molecular flexibility index (Phi) is 6.22. The third-order valence-electron chi connectivity index (χ3n) is 5.34. The molecule has 0 spiro atoms. The van der Waals surface area contributed by atoms with E-state index in [0.717, 1.165) is 10.4 Å². The van der Waals surface area contributed by atoms with Gasteiger partial charge in [-0.05, 0) is 37.1 Å². The van der Waals surface area contributed by atoms with Crippen LogP contribution in [0, 0.1) is 5.92 Å². The number of methoxy groups -OCH3 is 1. The molecular formula is C21H24N4O4S2. The molecule has 3 heterocycles. The molecule has 1 fully saturated rings. The molecule has 1 saturated heterocycles. The van der Waals surface area contributed by atoms with Crippen molar-refractivity contribution in [2.75, 3.05) is 31.4 Å². The van der Waals surface area contributed by atoms with Crippen molar-refractivity contribution in [2.24, 2.45) is 5.92 Å². The first-order chi connectivity index (χ1) is 14.9. The second-order valence-electron chi connectivity index (χ2n) is 7.51. The van der Waals surface area contributed by atoms with Gasteiger partial charge >= 0.3 is 0 Å². The lowest BCUT2D eigenvalue weighted by Gasteiger charge is -2.32. The minimum Gasteiger partial charge on any atom is -0.494 e. The number of para-hydroxylation sites is 1. The lowest BCUT2D eigenvalue weighted by atomic mass is 9.98. The number of nitrogens with zero attached hydrogens (tertiary/aromatic N) is 4. The molecule has 10 heteroatoms. The molecule has 0 bridgehead atoms. The number of carbonyl (C=O) groups excluding carboxylic acids is 1. The summed E-state index contributed by atoms with van der Waals surface area (Å²) in [5.74, 6) is 0.0734. The molecule has 1 amide bonds. The molecule has 31 heavy (non-hydrogen) atoms. The molecule has 1 aliphatic heterocycles. The molecule has 2 aromatic heterocycles. The Morgan fingerprint density at radius 2 is 2.13 bits per heavy atom. The number of hydrogen-bond donors (Lipinski definition) is 0. The fraction of sp³-hybridized carbons (Fsp3) is 0.381. The molecule has 0 radical (unpaired) electrons. The van der Waals surface area contributed by atoms with Crippen molar-refractivity contribution in [3.8, 4) is 5.75 Å². The number of ether oxygens (including phenoxy) is 1. The van der Waals surface area contributed by atoms with Crippen molar-refractivity contribution in [1.82, 2.24) is 14.3 Å². The zero-order valence-corrected chi connectivity index (χ0v) is 19.0. The van der Waals surface area contributed by atoms with Crippen molar-refractivity contribution in [1.29, 1.82) is 0 Å². The van der Waals surface area contributed by atoms with Gasteiger partial charge in [-0.2, -0.15) is 0 Å². The van der Waals surface area contributed by atoms with Gasteiger partial charge in [0.2, 0.25) is 15.9 Å². The number of fused-ring (bicyclic) bond motifs is 1. The maximum Gasteiger partial charge on any atom is 0.233 e. The van der Waals surface area contributed by atoms with E-state index < -0.39 is 15.9 Å². The van der Waals surface area contributed by atoms with Gasteiger partial charge in [0.1, 0.15) is 11.3 Å². The monoisotopic (exact) mass is 460 g/mol. The van der Waals surface area contributed by atoms with Gasteiger partial charge in [-0.1, -0.05) is 23.5 Å². The van der Waals surface area contributed by atoms with Crippen molar-refractivity contribution >= 4 is 42.6 Å². The van der Waals surface area contributed by atoms with E-state index in [1.54, 1.807) is 18.2 Å². The summed E-state index contributed by atoms with van der Waals surface area (Å²) in [7, 11) is -1.76. The largest absolute Gasteiger partial charge is 0.494 e. The summed E-state index contributed by atoms with van der Waals surface area (Å²) in [6.07, 6.45) is 4.16. The van der Waals surface area contributed by atoms with Crippen molar-refractivity contribution in [2.45, 2.75) is 19.4 Å². The predicted octanol–water partition coefficient (Wildman–Crippen LogP) is 2.90. The molecule has 0 aliphatic carbocycles. The minimum atomic E-state index is -3.35. The molecule has 1 aliphatic rings. The van der Waals surface area contributed by atoms with Crippen LogP contribution in [-0.4, -0.2) is 55.1 Å². The highest BCUT2D eigenvalue weighted by Crippen LogP contribution is 2.35. The van der Waals surface area contributed by atoms with Crippen LogP contribution in [0.3, 0.4) is 0 Å². The highest BCUT2D eigenvalue weighted by molar-refractivity contribution is 7.88. The van der Waals surface area contributed by atoms with Gasteiger partial charge in [-0.3, -0.25) is 14.7 Å². The lowest BCUT2D eigenvalue weighted by molar-refractivity contribution is -0.123. The quantitative estimate of drug-likeness (QED) is 0.562. The first-order valence-electron chi connectivity index (χ1n) is 9.97. The second-order valence-corrected chi connectivity index (χ2v) is 10.5. The van der Waals surface area contributed by atoms with Crippen LogP contribution >= 0.6 is 11.3 Å². The van der Waals surface area contributed by atoms with Gasteiger partial charge in [0, 0.05) is 19.3 Å². The number of benzene rings is 1. The fourth-order valence-electron chi connectivity index (χ4n) is 3.75. The van der Waals surface area contributed by atoms with E-state index in [0.29, 0.717) is 35.8 Å². The van der Waals surface area contributed by atoms with Crippen LogP contribution in [0.25, 0.3) is 10.2 Å². The number of pyridine rings is 1. The Balaban J connectivity index is 1.70. The number of thiazole rings is 1. The summed E-state index contributed by atoms with van der Waals surface area (Å²) in [6, 6.07) is 11.2. The zero-order valence-electron chi connectivity index (χ0n) is 17.4. The van der Waals surface area contributed by atoms with E-state index in [1.807, 2.05) is 36.4 Å². The van der Waals surface area contributed by atoms with Crippen molar-refractivity contribution < 1.29 is 17.9 Å². The van der Waals surface area contributed by atoms with Crippen LogP contribution in [0.2, 0.25) is 0 Å². The van der Waals surface area contributed by atoms with Crippen LogP contribution in [0.1, 0.15) is 18.5 Å². The topological polar surface area (TPSA) is 92.7 Å². The summed E-state index contributed by atoms with van der Waals surface area (Å²) in [4.78, 5) is 24.3. The molecule has 0 saturated carbocycles. The Morgan fingerprint density at radius 3 is 2.84 bits per heavy atom. The normalized spacial score (nSPS) is 17.5. The van der Waals surface area contributed by atoms with Crippen LogP contribution in [0.5, 0.6) is 5.75 Å². The maximum atomic E-state index is 13.6. The Labute approximate surface area is 185 Å². The SMILES string of the molecule is COc1cccc2sc(N(Cc3ccccn3)C(=O)C3CCCN(S(C)(=O)=O)C3)nc12. The number of amides is 1. The van der Waals surface area contributed by atoms with Crippen LogP contribution < -0.4 is 9.64 Å². The number of anilines is 1. The number of carbonyl (C=O) groups is 1. The van der Waals surface area contributed by atoms with Crippen molar-refractivity contribution in [3.05, 3.63) is 48.3 Å². The molecule has 0 N–H and O–H groups in total. The molecule has 8 nitrogen and oxygen atoms in total. The third kappa shape index (κ3) is 4.70. The first kappa shape index (κ1) is 21.7. The highest BCUT2D eigenvalue weighted by atomic mass is 32.2. The first-order valence-corrected chi connectivity index (χ1v) is 12.6. The van der Waals surface area contributed by atoms with E-state index in [-0.39, 0.29) is 19.0 Å². The van der Waals surface area contributed by atoms with Gasteiger partial charge in [-0.25, -0.2) is 17.7 Å². The standard InChI is InChI=1S/C21H24N4O4S2/c1-29-17-9-5-10-18-19(17)23-21(30-18)25(14-16-8-3-4-11-22-16)20(26)15-7-6-12-24(13-15)31(2,27)28/h3-5,8-11,15H,6-7,12-14H2,1-2H3.